The van der Waals surface area contributed by atoms with Crippen LogP contribution in [-0.2, 0) is 11.2 Å². The molecule has 2 aromatic rings. The van der Waals surface area contributed by atoms with Gasteiger partial charge in [-0.3, -0.25) is 4.79 Å². The van der Waals surface area contributed by atoms with Gasteiger partial charge in [-0.15, -0.1) is 0 Å². The van der Waals surface area contributed by atoms with Crippen LogP contribution in [0.15, 0.2) is 54.6 Å². The van der Waals surface area contributed by atoms with Crippen LogP contribution in [0.2, 0.25) is 0 Å². The average molecular weight is 356 g/mol. The molecule has 0 aliphatic carbocycles. The molecule has 2 rings (SSSR count). The Morgan fingerprint density at radius 3 is 2.64 bits per heavy atom. The largest absolute Gasteiger partial charge is 0.491 e. The number of anilines is 1. The molecule has 0 fully saturated rings. The van der Waals surface area contributed by atoms with Crippen molar-refractivity contribution in [2.45, 2.75) is 39.2 Å². The molecule has 1 atom stereocenters. The first kappa shape index (κ1) is 18.9. The van der Waals surface area contributed by atoms with Gasteiger partial charge < -0.3 is 15.4 Å². The normalized spacial score (nSPS) is 11.4. The second-order valence-corrected chi connectivity index (χ2v) is 6.26. The lowest BCUT2D eigenvalue weighted by Gasteiger charge is -2.14. The minimum Gasteiger partial charge on any atom is -0.491 e. The van der Waals surface area contributed by atoms with Crippen molar-refractivity contribution in [3.05, 3.63) is 60.2 Å². The van der Waals surface area contributed by atoms with Gasteiger partial charge in [-0.25, -0.2) is 0 Å². The first-order valence-electron chi connectivity index (χ1n) is 8.48. The van der Waals surface area contributed by atoms with Crippen LogP contribution in [0, 0.1) is 0 Å². The summed E-state index contributed by atoms with van der Waals surface area (Å²) in [6.45, 7) is 4.10. The highest BCUT2D eigenvalue weighted by atomic mass is 32.1. The van der Waals surface area contributed by atoms with Crippen LogP contribution in [0.25, 0.3) is 0 Å². The lowest BCUT2D eigenvalue weighted by molar-refractivity contribution is -0.119. The molecule has 0 heterocycles. The van der Waals surface area contributed by atoms with Crippen LogP contribution in [0.5, 0.6) is 5.75 Å². The molecule has 2 aromatic carbocycles. The van der Waals surface area contributed by atoms with E-state index in [9.17, 15) is 4.79 Å². The zero-order valence-corrected chi connectivity index (χ0v) is 15.4. The Bertz CT molecular complexity index is 704. The molecule has 1 unspecified atom stereocenters. The second kappa shape index (κ2) is 9.79. The molecule has 0 bridgehead atoms. The van der Waals surface area contributed by atoms with Gasteiger partial charge in [0.15, 0.2) is 5.11 Å². The highest BCUT2D eigenvalue weighted by Crippen LogP contribution is 2.19. The summed E-state index contributed by atoms with van der Waals surface area (Å²) in [5.41, 5.74) is 1.92. The Hall–Kier alpha value is -2.40. The molecule has 0 aliphatic heterocycles. The number of ether oxygens (including phenoxy) is 1. The number of carbonyl (C=O) groups is 1. The van der Waals surface area contributed by atoms with Gasteiger partial charge >= 0.3 is 0 Å². The average Bonchev–Trinajstić information content (AvgIpc) is 2.61. The van der Waals surface area contributed by atoms with Crippen molar-refractivity contribution < 1.29 is 9.53 Å². The monoisotopic (exact) mass is 356 g/mol. The van der Waals surface area contributed by atoms with Crippen LogP contribution in [0.4, 0.5) is 5.69 Å². The molecule has 0 radical (unpaired) electrons. The van der Waals surface area contributed by atoms with Crippen molar-refractivity contribution in [3.8, 4) is 5.75 Å². The minimum absolute atomic E-state index is 0.103. The van der Waals surface area contributed by atoms with Gasteiger partial charge in [-0.2, -0.15) is 0 Å². The van der Waals surface area contributed by atoms with Crippen molar-refractivity contribution in [2.75, 3.05) is 5.32 Å². The summed E-state index contributed by atoms with van der Waals surface area (Å²) in [6.07, 6.45) is 2.17. The van der Waals surface area contributed by atoms with Gasteiger partial charge in [0.05, 0.1) is 6.10 Å². The van der Waals surface area contributed by atoms with E-state index in [1.807, 2.05) is 61.5 Å². The van der Waals surface area contributed by atoms with E-state index in [2.05, 4.69) is 17.6 Å². The van der Waals surface area contributed by atoms with Crippen LogP contribution in [-0.4, -0.2) is 17.1 Å². The first-order valence-corrected chi connectivity index (χ1v) is 8.89. The van der Waals surface area contributed by atoms with Gasteiger partial charge in [0.25, 0.3) is 0 Å². The zero-order valence-electron chi connectivity index (χ0n) is 14.6. The molecule has 0 aliphatic rings. The summed E-state index contributed by atoms with van der Waals surface area (Å²) >= 11 is 5.21. The molecule has 1 amide bonds. The number of hydrogen-bond donors (Lipinski definition) is 2. The lowest BCUT2D eigenvalue weighted by Crippen LogP contribution is -2.34. The third kappa shape index (κ3) is 6.93. The van der Waals surface area contributed by atoms with E-state index in [0.29, 0.717) is 18.0 Å². The fourth-order valence-electron chi connectivity index (χ4n) is 2.22. The van der Waals surface area contributed by atoms with Crippen LogP contribution < -0.4 is 15.4 Å². The van der Waals surface area contributed by atoms with Crippen molar-refractivity contribution >= 4 is 28.9 Å². The number of benzene rings is 2. The van der Waals surface area contributed by atoms with Gasteiger partial charge in [0, 0.05) is 18.2 Å². The van der Waals surface area contributed by atoms with Crippen molar-refractivity contribution in [3.63, 3.8) is 0 Å². The summed E-state index contributed by atoms with van der Waals surface area (Å²) < 4.78 is 5.78. The Labute approximate surface area is 154 Å². The molecule has 5 heteroatoms. The molecular formula is C20H24N2O2S. The Morgan fingerprint density at radius 1 is 1.16 bits per heavy atom. The maximum Gasteiger partial charge on any atom is 0.226 e. The second-order valence-electron chi connectivity index (χ2n) is 5.85. The molecule has 132 valence electrons. The molecule has 2 N–H and O–H groups in total. The molecule has 0 spiro atoms. The van der Waals surface area contributed by atoms with Gasteiger partial charge in [0.1, 0.15) is 5.75 Å². The maximum absolute atomic E-state index is 12.0. The molecule has 0 aromatic heterocycles. The number of thiocarbonyl (C=S) groups is 1. The molecule has 4 nitrogen and oxygen atoms in total. The van der Waals surface area contributed by atoms with Crippen molar-refractivity contribution in [2.24, 2.45) is 0 Å². The van der Waals surface area contributed by atoms with E-state index in [1.165, 1.54) is 0 Å². The first-order chi connectivity index (χ1) is 12.1. The van der Waals surface area contributed by atoms with E-state index in [0.717, 1.165) is 23.4 Å². The summed E-state index contributed by atoms with van der Waals surface area (Å²) in [5.74, 6) is 0.672. The standard InChI is InChI=1S/C20H24N2O2S/c1-3-15(2)24-18-11-7-10-17(14-18)21-20(25)22-19(23)13-12-16-8-5-4-6-9-16/h4-11,14-15H,3,12-13H2,1-2H3,(H2,21,22,23,25). The number of rotatable bonds is 7. The molecule has 0 saturated carbocycles. The number of aryl methyl sites for hydroxylation is 1. The number of amides is 1. The highest BCUT2D eigenvalue weighted by molar-refractivity contribution is 7.80. The smallest absolute Gasteiger partial charge is 0.226 e. The quantitative estimate of drug-likeness (QED) is 0.726. The third-order valence-electron chi connectivity index (χ3n) is 3.74. The zero-order chi connectivity index (χ0) is 18.1. The summed E-state index contributed by atoms with van der Waals surface area (Å²) in [4.78, 5) is 12.0. The van der Waals surface area contributed by atoms with Crippen LogP contribution >= 0.6 is 12.2 Å². The molecule has 0 saturated heterocycles. The fraction of sp³-hybridized carbons (Fsp3) is 0.300. The van der Waals surface area contributed by atoms with Crippen molar-refractivity contribution in [1.29, 1.82) is 0 Å². The van der Waals surface area contributed by atoms with Crippen LogP contribution in [0.3, 0.4) is 0 Å². The molecular weight excluding hydrogens is 332 g/mol. The summed E-state index contributed by atoms with van der Waals surface area (Å²) in [6, 6.07) is 17.4. The molecule has 25 heavy (non-hydrogen) atoms. The van der Waals surface area contributed by atoms with Gasteiger partial charge in [0.2, 0.25) is 5.91 Å². The Morgan fingerprint density at radius 2 is 1.92 bits per heavy atom. The fourth-order valence-corrected chi connectivity index (χ4v) is 2.45. The predicted octanol–water partition coefficient (Wildman–Crippen LogP) is 4.31. The Kier molecular flexibility index (Phi) is 7.41. The number of hydrogen-bond acceptors (Lipinski definition) is 3. The topological polar surface area (TPSA) is 50.4 Å². The van der Waals surface area contributed by atoms with E-state index < -0.39 is 0 Å². The highest BCUT2D eigenvalue weighted by Gasteiger charge is 2.07. The summed E-state index contributed by atoms with van der Waals surface area (Å²) in [7, 11) is 0. The SMILES string of the molecule is CCC(C)Oc1cccc(NC(=S)NC(=O)CCc2ccccc2)c1. The van der Waals surface area contributed by atoms with E-state index in [4.69, 9.17) is 17.0 Å². The van der Waals surface area contributed by atoms with E-state index in [1.54, 1.807) is 0 Å². The third-order valence-corrected chi connectivity index (χ3v) is 3.94. The van der Waals surface area contributed by atoms with Gasteiger partial charge in [-0.05, 0) is 49.7 Å². The van der Waals surface area contributed by atoms with Crippen molar-refractivity contribution in [1.82, 2.24) is 5.32 Å². The lowest BCUT2D eigenvalue weighted by atomic mass is 10.1. The van der Waals surface area contributed by atoms with Crippen LogP contribution in [0.1, 0.15) is 32.3 Å². The van der Waals surface area contributed by atoms with E-state index in [-0.39, 0.29) is 12.0 Å². The predicted molar refractivity (Wildman–Crippen MR) is 106 cm³/mol. The summed E-state index contributed by atoms with van der Waals surface area (Å²) in [5, 5.41) is 6.02. The maximum atomic E-state index is 12.0. The number of nitrogens with one attached hydrogen (secondary N) is 2. The van der Waals surface area contributed by atoms with E-state index >= 15 is 0 Å². The number of carbonyl (C=O) groups excluding carboxylic acids is 1. The van der Waals surface area contributed by atoms with Gasteiger partial charge in [-0.1, -0.05) is 43.3 Å². The Balaban J connectivity index is 1.81. The minimum atomic E-state index is -0.103.